The van der Waals surface area contributed by atoms with E-state index >= 15 is 0 Å². The Morgan fingerprint density at radius 1 is 1.28 bits per heavy atom. The molecular formula is C14H15BrClNS. The summed E-state index contributed by atoms with van der Waals surface area (Å²) in [7, 11) is 1.98. The van der Waals surface area contributed by atoms with Gasteiger partial charge < -0.3 is 5.32 Å². The molecule has 0 saturated heterocycles. The van der Waals surface area contributed by atoms with Crippen molar-refractivity contribution in [3.63, 3.8) is 0 Å². The number of aryl methyl sites for hydroxylation is 2. The maximum atomic E-state index is 6.12. The summed E-state index contributed by atoms with van der Waals surface area (Å²) in [6, 6.07) is 8.76. The molecule has 1 atom stereocenters. The van der Waals surface area contributed by atoms with E-state index in [2.05, 4.69) is 53.3 Å². The molecule has 1 nitrogen and oxygen atoms in total. The number of hydrogen-bond acceptors (Lipinski definition) is 2. The Bertz CT molecular complexity index is 545. The van der Waals surface area contributed by atoms with Gasteiger partial charge in [0.05, 0.1) is 14.9 Å². The lowest BCUT2D eigenvalue weighted by molar-refractivity contribution is 0.699. The highest BCUT2D eigenvalue weighted by atomic mass is 79.9. The molecule has 1 unspecified atom stereocenters. The Hall–Kier alpha value is -0.350. The van der Waals surface area contributed by atoms with Gasteiger partial charge in [-0.05, 0) is 54.0 Å². The molecular weight excluding hydrogens is 330 g/mol. The lowest BCUT2D eigenvalue weighted by atomic mass is 9.98. The van der Waals surface area contributed by atoms with Crippen molar-refractivity contribution < 1.29 is 0 Å². The third-order valence-corrected chi connectivity index (χ3v) is 5.52. The van der Waals surface area contributed by atoms with Crippen LogP contribution in [0.15, 0.2) is 28.1 Å². The van der Waals surface area contributed by atoms with E-state index in [9.17, 15) is 0 Å². The number of nitrogens with one attached hydrogen (secondary N) is 1. The maximum Gasteiger partial charge on any atom is 0.0888 e. The average Bonchev–Trinajstić information content (AvgIpc) is 2.65. The highest BCUT2D eigenvalue weighted by molar-refractivity contribution is 9.11. The number of halogens is 2. The second-order valence-electron chi connectivity index (χ2n) is 4.35. The molecule has 0 radical (unpaired) electrons. The van der Waals surface area contributed by atoms with Crippen LogP contribution >= 0.6 is 38.9 Å². The van der Waals surface area contributed by atoms with Gasteiger partial charge in [0.25, 0.3) is 0 Å². The van der Waals surface area contributed by atoms with E-state index in [0.29, 0.717) is 0 Å². The summed E-state index contributed by atoms with van der Waals surface area (Å²) in [5, 5.41) is 4.15. The van der Waals surface area contributed by atoms with Gasteiger partial charge in [0.15, 0.2) is 0 Å². The summed E-state index contributed by atoms with van der Waals surface area (Å²) in [5.41, 5.74) is 3.88. The Balaban J connectivity index is 2.48. The molecule has 18 heavy (non-hydrogen) atoms. The molecule has 1 aromatic heterocycles. The molecule has 1 N–H and O–H groups in total. The van der Waals surface area contributed by atoms with E-state index in [0.717, 1.165) is 8.81 Å². The minimum Gasteiger partial charge on any atom is -0.309 e. The summed E-state index contributed by atoms with van der Waals surface area (Å²) in [5.74, 6) is 0. The van der Waals surface area contributed by atoms with Gasteiger partial charge in [0, 0.05) is 4.88 Å². The van der Waals surface area contributed by atoms with Crippen molar-refractivity contribution in [2.45, 2.75) is 19.9 Å². The third kappa shape index (κ3) is 2.80. The van der Waals surface area contributed by atoms with E-state index in [4.69, 9.17) is 11.6 Å². The van der Waals surface area contributed by atoms with Gasteiger partial charge in [-0.2, -0.15) is 0 Å². The molecule has 0 aliphatic rings. The van der Waals surface area contributed by atoms with Gasteiger partial charge in [-0.15, -0.1) is 11.3 Å². The van der Waals surface area contributed by atoms with Gasteiger partial charge in [-0.3, -0.25) is 0 Å². The largest absolute Gasteiger partial charge is 0.309 e. The molecule has 96 valence electrons. The Morgan fingerprint density at radius 2 is 2.00 bits per heavy atom. The van der Waals surface area contributed by atoms with Gasteiger partial charge >= 0.3 is 0 Å². The molecule has 0 aliphatic carbocycles. The summed E-state index contributed by atoms with van der Waals surface area (Å²) < 4.78 is 0.990. The van der Waals surface area contributed by atoms with Crippen molar-refractivity contribution in [2.24, 2.45) is 0 Å². The van der Waals surface area contributed by atoms with Crippen molar-refractivity contribution in [3.05, 3.63) is 54.6 Å². The van der Waals surface area contributed by atoms with Crippen LogP contribution in [0.25, 0.3) is 0 Å². The normalized spacial score (nSPS) is 12.7. The van der Waals surface area contributed by atoms with Crippen LogP contribution < -0.4 is 5.32 Å². The van der Waals surface area contributed by atoms with Crippen molar-refractivity contribution in [1.82, 2.24) is 5.32 Å². The first-order valence-corrected chi connectivity index (χ1v) is 7.71. The van der Waals surface area contributed by atoms with E-state index < -0.39 is 0 Å². The van der Waals surface area contributed by atoms with Crippen LogP contribution in [0.3, 0.4) is 0 Å². The van der Waals surface area contributed by atoms with Crippen LogP contribution in [0.5, 0.6) is 0 Å². The minimum atomic E-state index is 0.193. The Labute approximate surface area is 125 Å². The Kier molecular flexibility index (Phi) is 4.49. The number of hydrogen-bond donors (Lipinski definition) is 1. The molecule has 2 aromatic rings. The lowest BCUT2D eigenvalue weighted by Gasteiger charge is -2.18. The summed E-state index contributed by atoms with van der Waals surface area (Å²) in [6.45, 7) is 4.26. The number of benzene rings is 1. The fraction of sp³-hybridized carbons (Fsp3) is 0.286. The molecule has 0 spiro atoms. The third-order valence-electron chi connectivity index (χ3n) is 2.98. The highest BCUT2D eigenvalue weighted by Gasteiger charge is 2.18. The molecule has 0 bridgehead atoms. The summed E-state index contributed by atoms with van der Waals surface area (Å²) >= 11 is 11.3. The second-order valence-corrected chi connectivity index (χ2v) is 7.16. The molecule has 0 aliphatic heterocycles. The quantitative estimate of drug-likeness (QED) is 0.818. The van der Waals surface area contributed by atoms with E-state index in [1.54, 1.807) is 11.3 Å². The van der Waals surface area contributed by atoms with Gasteiger partial charge in [0.2, 0.25) is 0 Å². The molecule has 1 aromatic carbocycles. The zero-order valence-electron chi connectivity index (χ0n) is 10.6. The van der Waals surface area contributed by atoms with Gasteiger partial charge in [-0.25, -0.2) is 0 Å². The summed E-state index contributed by atoms with van der Waals surface area (Å²) in [6.07, 6.45) is 0. The van der Waals surface area contributed by atoms with E-state index in [1.165, 1.54) is 21.6 Å². The number of rotatable bonds is 3. The summed E-state index contributed by atoms with van der Waals surface area (Å²) in [4.78, 5) is 1.23. The predicted molar refractivity (Wildman–Crippen MR) is 83.8 cm³/mol. The average molecular weight is 345 g/mol. The predicted octanol–water partition coefficient (Wildman–Crippen LogP) is 5.09. The SMILES string of the molecule is CNC(c1cc(Cl)c(Br)s1)c1cc(C)ccc1C. The molecule has 0 saturated carbocycles. The smallest absolute Gasteiger partial charge is 0.0888 e. The van der Waals surface area contributed by atoms with Gasteiger partial charge in [0.1, 0.15) is 0 Å². The first-order chi connectivity index (χ1) is 8.52. The van der Waals surface area contributed by atoms with Crippen LogP contribution in [0.2, 0.25) is 5.02 Å². The van der Waals surface area contributed by atoms with Crippen molar-refractivity contribution in [1.29, 1.82) is 0 Å². The minimum absolute atomic E-state index is 0.193. The van der Waals surface area contributed by atoms with Crippen LogP contribution in [0.1, 0.15) is 27.6 Å². The zero-order chi connectivity index (χ0) is 13.3. The zero-order valence-corrected chi connectivity index (χ0v) is 13.7. The van der Waals surface area contributed by atoms with Crippen molar-refractivity contribution >= 4 is 38.9 Å². The highest BCUT2D eigenvalue weighted by Crippen LogP contribution is 2.38. The first-order valence-electron chi connectivity index (χ1n) is 5.72. The fourth-order valence-electron chi connectivity index (χ4n) is 2.03. The molecule has 0 amide bonds. The molecule has 4 heteroatoms. The standard InChI is InChI=1S/C14H15BrClNS/c1-8-4-5-9(2)10(6-8)13(17-3)12-7-11(16)14(15)18-12/h4-7,13,17H,1-3H3. The van der Waals surface area contributed by atoms with Crippen molar-refractivity contribution in [3.8, 4) is 0 Å². The first kappa shape index (κ1) is 14.1. The lowest BCUT2D eigenvalue weighted by Crippen LogP contribution is -2.17. The van der Waals surface area contributed by atoms with Crippen LogP contribution in [0.4, 0.5) is 0 Å². The van der Waals surface area contributed by atoms with Crippen LogP contribution in [0, 0.1) is 13.8 Å². The second kappa shape index (κ2) is 5.74. The monoisotopic (exact) mass is 343 g/mol. The molecule has 1 heterocycles. The van der Waals surface area contributed by atoms with Crippen molar-refractivity contribution in [2.75, 3.05) is 7.05 Å². The fourth-order valence-corrected chi connectivity index (χ4v) is 3.90. The van der Waals surface area contributed by atoms with Crippen LogP contribution in [-0.2, 0) is 0 Å². The van der Waals surface area contributed by atoms with E-state index in [1.807, 2.05) is 13.1 Å². The van der Waals surface area contributed by atoms with E-state index in [-0.39, 0.29) is 6.04 Å². The number of thiophene rings is 1. The topological polar surface area (TPSA) is 12.0 Å². The Morgan fingerprint density at radius 3 is 2.56 bits per heavy atom. The maximum absolute atomic E-state index is 6.12. The molecule has 2 rings (SSSR count). The molecule has 0 fully saturated rings. The van der Waals surface area contributed by atoms with Crippen LogP contribution in [-0.4, -0.2) is 7.05 Å². The van der Waals surface area contributed by atoms with Gasteiger partial charge in [-0.1, -0.05) is 35.4 Å².